The van der Waals surface area contributed by atoms with Crippen molar-refractivity contribution in [1.29, 1.82) is 0 Å². The molecule has 1 atom stereocenters. The third kappa shape index (κ3) is 8.38. The molecule has 0 aromatic heterocycles. The molecule has 0 saturated heterocycles. The van der Waals surface area contributed by atoms with Gasteiger partial charge in [-0.3, -0.25) is 13.9 Å². The topological polar surface area (TPSA) is 105 Å². The lowest BCUT2D eigenvalue weighted by molar-refractivity contribution is -0.140. The predicted octanol–water partition coefficient (Wildman–Crippen LogP) is 5.72. The molecule has 0 bridgehead atoms. The van der Waals surface area contributed by atoms with E-state index in [0.717, 1.165) is 9.87 Å². The molecule has 0 fully saturated rings. The van der Waals surface area contributed by atoms with E-state index in [4.69, 9.17) is 21.1 Å². The highest BCUT2D eigenvalue weighted by Crippen LogP contribution is 2.33. The Kier molecular flexibility index (Phi) is 11.7. The van der Waals surface area contributed by atoms with Crippen LogP contribution in [-0.2, 0) is 32.6 Å². The van der Waals surface area contributed by atoms with Crippen LogP contribution < -0.4 is 19.1 Å². The molecule has 0 aliphatic carbocycles. The van der Waals surface area contributed by atoms with Crippen LogP contribution in [-0.4, -0.2) is 58.0 Å². The van der Waals surface area contributed by atoms with Crippen LogP contribution in [0.1, 0.15) is 25.0 Å². The van der Waals surface area contributed by atoms with Crippen LogP contribution in [0.15, 0.2) is 108 Å². The van der Waals surface area contributed by atoms with E-state index in [1.165, 1.54) is 43.4 Å². The standard InChI is InChI=1S/C35H38ClN3O6S/c1-25(2)37-35(41)32(22-26-12-6-5-7-13-26)38(23-27-14-8-9-15-30(27)36)34(40)24-39(31-16-10-11-17-33(31)45-4)46(42,43)29-20-18-28(44-3)19-21-29/h5-21,25,32H,22-24H2,1-4H3,(H,37,41). The van der Waals surface area contributed by atoms with Gasteiger partial charge in [0.25, 0.3) is 10.0 Å². The summed E-state index contributed by atoms with van der Waals surface area (Å²) in [4.78, 5) is 29.7. The van der Waals surface area contributed by atoms with Gasteiger partial charge in [-0.1, -0.05) is 72.3 Å². The number of rotatable bonds is 14. The van der Waals surface area contributed by atoms with Crippen molar-refractivity contribution in [3.63, 3.8) is 0 Å². The molecule has 0 heterocycles. The molecule has 0 aliphatic rings. The Labute approximate surface area is 275 Å². The van der Waals surface area contributed by atoms with Gasteiger partial charge >= 0.3 is 0 Å². The van der Waals surface area contributed by atoms with Gasteiger partial charge in [0, 0.05) is 24.0 Å². The monoisotopic (exact) mass is 663 g/mol. The smallest absolute Gasteiger partial charge is 0.264 e. The Balaban J connectivity index is 1.84. The number of ether oxygens (including phenoxy) is 2. The van der Waals surface area contributed by atoms with E-state index in [2.05, 4.69) is 5.32 Å². The third-order valence-corrected chi connectivity index (χ3v) is 9.42. The largest absolute Gasteiger partial charge is 0.497 e. The summed E-state index contributed by atoms with van der Waals surface area (Å²) in [6.45, 7) is 3.01. The number of carbonyl (C=O) groups is 2. The number of nitrogens with one attached hydrogen (secondary N) is 1. The summed E-state index contributed by atoms with van der Waals surface area (Å²) < 4.78 is 40.3. The molecule has 1 N–H and O–H groups in total. The van der Waals surface area contributed by atoms with Crippen molar-refractivity contribution >= 4 is 39.1 Å². The first-order chi connectivity index (χ1) is 22.0. The summed E-state index contributed by atoms with van der Waals surface area (Å²) >= 11 is 6.55. The number of amides is 2. The van der Waals surface area contributed by atoms with Crippen LogP contribution >= 0.6 is 11.6 Å². The second-order valence-corrected chi connectivity index (χ2v) is 13.1. The number of anilines is 1. The number of benzene rings is 4. The van der Waals surface area contributed by atoms with Crippen molar-refractivity contribution in [3.05, 3.63) is 119 Å². The van der Waals surface area contributed by atoms with Gasteiger partial charge in [0.05, 0.1) is 24.8 Å². The Morgan fingerprint density at radius 1 is 0.826 bits per heavy atom. The summed E-state index contributed by atoms with van der Waals surface area (Å²) in [5.41, 5.74) is 1.60. The zero-order chi connectivity index (χ0) is 33.3. The van der Waals surface area contributed by atoms with Crippen molar-refractivity contribution in [2.45, 2.75) is 43.8 Å². The lowest BCUT2D eigenvalue weighted by Gasteiger charge is -2.34. The number of hydrogen-bond acceptors (Lipinski definition) is 6. The molecule has 2 amide bonds. The first-order valence-electron chi connectivity index (χ1n) is 14.7. The van der Waals surface area contributed by atoms with Gasteiger partial charge in [0.15, 0.2) is 0 Å². The second-order valence-electron chi connectivity index (χ2n) is 10.8. The van der Waals surface area contributed by atoms with Crippen LogP contribution in [0.5, 0.6) is 11.5 Å². The lowest BCUT2D eigenvalue weighted by Crippen LogP contribution is -2.54. The Morgan fingerprint density at radius 3 is 2.09 bits per heavy atom. The first kappa shape index (κ1) is 34.3. The third-order valence-electron chi connectivity index (χ3n) is 7.28. The normalized spacial score (nSPS) is 11.9. The SMILES string of the molecule is COc1ccc(S(=O)(=O)N(CC(=O)N(Cc2ccccc2Cl)C(Cc2ccccc2)C(=O)NC(C)C)c2ccccc2OC)cc1. The molecule has 0 spiro atoms. The molecule has 242 valence electrons. The number of methoxy groups -OCH3 is 2. The maximum atomic E-state index is 14.6. The van der Waals surface area contributed by atoms with Crippen molar-refractivity contribution in [3.8, 4) is 11.5 Å². The number of halogens is 1. The van der Waals surface area contributed by atoms with E-state index in [9.17, 15) is 18.0 Å². The highest BCUT2D eigenvalue weighted by molar-refractivity contribution is 7.92. The minimum atomic E-state index is -4.32. The molecule has 0 saturated carbocycles. The van der Waals surface area contributed by atoms with Crippen LogP contribution in [0.3, 0.4) is 0 Å². The van der Waals surface area contributed by atoms with Crippen molar-refractivity contribution < 1.29 is 27.5 Å². The zero-order valence-electron chi connectivity index (χ0n) is 26.2. The fourth-order valence-corrected chi connectivity index (χ4v) is 6.59. The highest BCUT2D eigenvalue weighted by Gasteiger charge is 2.36. The van der Waals surface area contributed by atoms with Gasteiger partial charge in [-0.2, -0.15) is 0 Å². The molecule has 4 rings (SSSR count). The van der Waals surface area contributed by atoms with E-state index in [1.807, 2.05) is 44.2 Å². The van der Waals surface area contributed by atoms with E-state index < -0.39 is 28.5 Å². The maximum Gasteiger partial charge on any atom is 0.264 e. The maximum absolute atomic E-state index is 14.6. The van der Waals surface area contributed by atoms with Gasteiger partial charge < -0.3 is 19.7 Å². The minimum absolute atomic E-state index is 0.0378. The van der Waals surface area contributed by atoms with Crippen molar-refractivity contribution in [2.24, 2.45) is 0 Å². The lowest BCUT2D eigenvalue weighted by atomic mass is 10.0. The quantitative estimate of drug-likeness (QED) is 0.185. The minimum Gasteiger partial charge on any atom is -0.497 e. The Bertz CT molecular complexity index is 1730. The van der Waals surface area contributed by atoms with Gasteiger partial charge in [-0.25, -0.2) is 8.42 Å². The molecule has 9 nitrogen and oxygen atoms in total. The molecule has 46 heavy (non-hydrogen) atoms. The van der Waals surface area contributed by atoms with E-state index >= 15 is 0 Å². The average molecular weight is 664 g/mol. The van der Waals surface area contributed by atoms with Crippen LogP contribution in [0.2, 0.25) is 5.02 Å². The van der Waals surface area contributed by atoms with Crippen molar-refractivity contribution in [1.82, 2.24) is 10.2 Å². The number of sulfonamides is 1. The van der Waals surface area contributed by atoms with Crippen LogP contribution in [0, 0.1) is 0 Å². The number of nitrogens with zero attached hydrogens (tertiary/aromatic N) is 2. The fourth-order valence-electron chi connectivity index (χ4n) is 4.97. The van der Waals surface area contributed by atoms with E-state index in [-0.39, 0.29) is 41.2 Å². The molecule has 4 aromatic rings. The van der Waals surface area contributed by atoms with Crippen LogP contribution in [0.25, 0.3) is 0 Å². The summed E-state index contributed by atoms with van der Waals surface area (Å²) in [7, 11) is -1.41. The summed E-state index contributed by atoms with van der Waals surface area (Å²) in [5.74, 6) is -0.253. The Hall–Kier alpha value is -4.54. The first-order valence-corrected chi connectivity index (χ1v) is 16.5. The molecule has 1 unspecified atom stereocenters. The predicted molar refractivity (Wildman–Crippen MR) is 180 cm³/mol. The van der Waals surface area contributed by atoms with Crippen LogP contribution in [0.4, 0.5) is 5.69 Å². The molecule has 0 radical (unpaired) electrons. The molecule has 4 aromatic carbocycles. The summed E-state index contributed by atoms with van der Waals surface area (Å²) in [5, 5.41) is 3.35. The zero-order valence-corrected chi connectivity index (χ0v) is 27.8. The highest BCUT2D eigenvalue weighted by atomic mass is 35.5. The number of hydrogen-bond donors (Lipinski definition) is 1. The van der Waals surface area contributed by atoms with Gasteiger partial charge in [0.1, 0.15) is 24.1 Å². The molecule has 0 aliphatic heterocycles. The molecule has 11 heteroatoms. The van der Waals surface area contributed by atoms with Gasteiger partial charge in [-0.05, 0) is 67.4 Å². The Morgan fingerprint density at radius 2 is 1.46 bits per heavy atom. The van der Waals surface area contributed by atoms with E-state index in [0.29, 0.717) is 16.3 Å². The van der Waals surface area contributed by atoms with Crippen molar-refractivity contribution in [2.75, 3.05) is 25.1 Å². The van der Waals surface area contributed by atoms with E-state index in [1.54, 1.807) is 48.5 Å². The van der Waals surface area contributed by atoms with Gasteiger partial charge in [-0.15, -0.1) is 0 Å². The summed E-state index contributed by atoms with van der Waals surface area (Å²) in [6, 6.07) is 27.6. The fraction of sp³-hybridized carbons (Fsp3) is 0.257. The average Bonchev–Trinajstić information content (AvgIpc) is 3.06. The van der Waals surface area contributed by atoms with Gasteiger partial charge in [0.2, 0.25) is 11.8 Å². The number of para-hydroxylation sites is 2. The number of carbonyl (C=O) groups excluding carboxylic acids is 2. The summed E-state index contributed by atoms with van der Waals surface area (Å²) in [6.07, 6.45) is 0.190. The molecular formula is C35H38ClN3O6S. The molecular weight excluding hydrogens is 626 g/mol. The second kappa shape index (κ2) is 15.6.